The van der Waals surface area contributed by atoms with Gasteiger partial charge in [0, 0.05) is 12.0 Å². The summed E-state index contributed by atoms with van der Waals surface area (Å²) in [5.74, 6) is 0.922. The van der Waals surface area contributed by atoms with Crippen molar-refractivity contribution in [2.75, 3.05) is 6.61 Å². The van der Waals surface area contributed by atoms with Crippen molar-refractivity contribution in [1.82, 2.24) is 0 Å². The fraction of sp³-hybridized carbons (Fsp3) is 0.333. The number of ether oxygens (including phenoxy) is 1. The normalized spacial score (nSPS) is 20.0. The Labute approximate surface area is 83.8 Å². The summed E-state index contributed by atoms with van der Waals surface area (Å²) >= 11 is 0. The van der Waals surface area contributed by atoms with Crippen LogP contribution in [-0.2, 0) is 0 Å². The van der Waals surface area contributed by atoms with Gasteiger partial charge in [-0.15, -0.1) is 0 Å². The van der Waals surface area contributed by atoms with Gasteiger partial charge in [-0.2, -0.15) is 0 Å². The van der Waals surface area contributed by atoms with Gasteiger partial charge in [0.15, 0.2) is 0 Å². The average molecular weight is 190 g/mol. The van der Waals surface area contributed by atoms with Gasteiger partial charge in [0.1, 0.15) is 5.75 Å². The zero-order chi connectivity index (χ0) is 9.97. The lowest BCUT2D eigenvalue weighted by molar-refractivity contribution is 0.243. The van der Waals surface area contributed by atoms with Crippen molar-refractivity contribution in [3.8, 4) is 5.75 Å². The molecule has 1 atom stereocenters. The molecule has 2 heteroatoms. The molecule has 2 nitrogen and oxygen atoms in total. The minimum absolute atomic E-state index is 0.392. The highest BCUT2D eigenvalue weighted by molar-refractivity contribution is 5.72. The van der Waals surface area contributed by atoms with Gasteiger partial charge in [-0.25, -0.2) is 0 Å². The molecule has 0 amide bonds. The monoisotopic (exact) mass is 190 g/mol. The first-order chi connectivity index (χ1) is 6.77. The summed E-state index contributed by atoms with van der Waals surface area (Å²) in [6.45, 7) is 2.47. The van der Waals surface area contributed by atoms with Gasteiger partial charge in [0.05, 0.1) is 12.7 Å². The topological polar surface area (TPSA) is 29.5 Å². The lowest BCUT2D eigenvalue weighted by atomic mass is 9.98. The van der Waals surface area contributed by atoms with Crippen LogP contribution in [0.15, 0.2) is 30.3 Å². The summed E-state index contributed by atoms with van der Waals surface area (Å²) < 4.78 is 5.51. The Kier molecular flexibility index (Phi) is 2.55. The van der Waals surface area contributed by atoms with Crippen LogP contribution in [0.25, 0.3) is 5.57 Å². The van der Waals surface area contributed by atoms with Crippen LogP contribution in [0.1, 0.15) is 18.9 Å². The molecule has 74 valence electrons. The first-order valence-corrected chi connectivity index (χ1v) is 4.88. The van der Waals surface area contributed by atoms with E-state index in [9.17, 15) is 5.11 Å². The van der Waals surface area contributed by atoms with E-state index in [1.807, 2.05) is 30.3 Å². The molecule has 1 aliphatic rings. The maximum atomic E-state index is 9.31. The second kappa shape index (κ2) is 3.84. The van der Waals surface area contributed by atoms with Crippen LogP contribution in [0.5, 0.6) is 5.75 Å². The molecule has 1 heterocycles. The molecule has 1 aromatic rings. The fourth-order valence-corrected chi connectivity index (χ4v) is 1.73. The van der Waals surface area contributed by atoms with E-state index >= 15 is 0 Å². The number of aliphatic hydroxyl groups is 1. The van der Waals surface area contributed by atoms with Crippen LogP contribution < -0.4 is 4.74 Å². The predicted octanol–water partition coefficient (Wildman–Crippen LogP) is 2.23. The molecule has 0 radical (unpaired) electrons. The third-order valence-corrected chi connectivity index (χ3v) is 2.30. The van der Waals surface area contributed by atoms with Gasteiger partial charge in [-0.1, -0.05) is 24.3 Å². The summed E-state index contributed by atoms with van der Waals surface area (Å²) in [7, 11) is 0. The van der Waals surface area contributed by atoms with Crippen LogP contribution in [-0.4, -0.2) is 17.8 Å². The molecule has 0 fully saturated rings. The minimum Gasteiger partial charge on any atom is -0.493 e. The van der Waals surface area contributed by atoms with Crippen molar-refractivity contribution >= 4 is 5.57 Å². The van der Waals surface area contributed by atoms with E-state index in [4.69, 9.17) is 4.74 Å². The summed E-state index contributed by atoms with van der Waals surface area (Å²) in [6.07, 6.45) is 2.37. The van der Waals surface area contributed by atoms with Gasteiger partial charge < -0.3 is 9.84 Å². The Hall–Kier alpha value is -1.28. The molecule has 0 saturated heterocycles. The molecule has 2 rings (SSSR count). The third kappa shape index (κ3) is 1.80. The van der Waals surface area contributed by atoms with Gasteiger partial charge in [0.2, 0.25) is 0 Å². The zero-order valence-electron chi connectivity index (χ0n) is 8.23. The van der Waals surface area contributed by atoms with Crippen LogP contribution in [0.4, 0.5) is 0 Å². The molecule has 1 unspecified atom stereocenters. The van der Waals surface area contributed by atoms with Crippen molar-refractivity contribution < 1.29 is 9.84 Å². The highest BCUT2D eigenvalue weighted by Gasteiger charge is 2.14. The number of hydrogen-bond donors (Lipinski definition) is 1. The third-order valence-electron chi connectivity index (χ3n) is 2.30. The first-order valence-electron chi connectivity index (χ1n) is 4.88. The average Bonchev–Trinajstić information content (AvgIpc) is 2.18. The Bertz CT molecular complexity index is 353. The number of aliphatic hydroxyl groups excluding tert-OH is 1. The number of hydrogen-bond acceptors (Lipinski definition) is 2. The van der Waals surface area contributed by atoms with Crippen LogP contribution in [0.3, 0.4) is 0 Å². The number of benzene rings is 1. The largest absolute Gasteiger partial charge is 0.493 e. The molecule has 0 bridgehead atoms. The molecular formula is C12H14O2. The lowest BCUT2D eigenvalue weighted by Crippen LogP contribution is -2.09. The van der Waals surface area contributed by atoms with Gasteiger partial charge in [-0.05, 0) is 18.6 Å². The van der Waals surface area contributed by atoms with E-state index in [2.05, 4.69) is 0 Å². The van der Waals surface area contributed by atoms with Crippen LogP contribution >= 0.6 is 0 Å². The standard InChI is InChI=1S/C12H14O2/c1-9(13)8-10-6-7-14-12-5-3-2-4-11(10)12/h2-5,8-9,13H,6-7H2,1H3/b10-8-. The first kappa shape index (κ1) is 9.28. The van der Waals surface area contributed by atoms with Gasteiger partial charge >= 0.3 is 0 Å². The van der Waals surface area contributed by atoms with Crippen molar-refractivity contribution in [1.29, 1.82) is 0 Å². The Morgan fingerprint density at radius 2 is 2.21 bits per heavy atom. The second-order valence-corrected chi connectivity index (χ2v) is 3.53. The highest BCUT2D eigenvalue weighted by atomic mass is 16.5. The minimum atomic E-state index is -0.392. The van der Waals surface area contributed by atoms with Crippen LogP contribution in [0.2, 0.25) is 0 Å². The van der Waals surface area contributed by atoms with E-state index < -0.39 is 6.10 Å². The SMILES string of the molecule is CC(O)/C=C1/CCOc2ccccc21. The van der Waals surface area contributed by atoms with E-state index in [0.717, 1.165) is 17.7 Å². The molecule has 1 N–H and O–H groups in total. The smallest absolute Gasteiger partial charge is 0.126 e. The number of rotatable bonds is 1. The molecular weight excluding hydrogens is 176 g/mol. The van der Waals surface area contributed by atoms with E-state index in [1.54, 1.807) is 6.92 Å². The number of para-hydroxylation sites is 1. The maximum Gasteiger partial charge on any atom is 0.126 e. The van der Waals surface area contributed by atoms with Crippen molar-refractivity contribution in [3.05, 3.63) is 35.9 Å². The summed E-state index contributed by atoms with van der Waals surface area (Å²) in [4.78, 5) is 0. The highest BCUT2D eigenvalue weighted by Crippen LogP contribution is 2.32. The molecule has 0 saturated carbocycles. The maximum absolute atomic E-state index is 9.31. The molecule has 0 aliphatic carbocycles. The van der Waals surface area contributed by atoms with Gasteiger partial charge in [0.25, 0.3) is 0 Å². The summed E-state index contributed by atoms with van der Waals surface area (Å²) in [5.41, 5.74) is 2.29. The Morgan fingerprint density at radius 3 is 3.00 bits per heavy atom. The predicted molar refractivity (Wildman–Crippen MR) is 56.2 cm³/mol. The molecule has 0 aromatic heterocycles. The lowest BCUT2D eigenvalue weighted by Gasteiger charge is -2.20. The Balaban J connectivity index is 2.40. The quantitative estimate of drug-likeness (QED) is 0.735. The zero-order valence-corrected chi connectivity index (χ0v) is 8.23. The van der Waals surface area contributed by atoms with Crippen molar-refractivity contribution in [3.63, 3.8) is 0 Å². The van der Waals surface area contributed by atoms with Gasteiger partial charge in [-0.3, -0.25) is 0 Å². The summed E-state index contributed by atoms with van der Waals surface area (Å²) in [6, 6.07) is 7.95. The van der Waals surface area contributed by atoms with Crippen molar-refractivity contribution in [2.24, 2.45) is 0 Å². The van der Waals surface area contributed by atoms with Crippen molar-refractivity contribution in [2.45, 2.75) is 19.4 Å². The number of fused-ring (bicyclic) bond motifs is 1. The van der Waals surface area contributed by atoms with E-state index in [-0.39, 0.29) is 0 Å². The molecule has 1 aliphatic heterocycles. The molecule has 0 spiro atoms. The van der Waals surface area contributed by atoms with Crippen LogP contribution in [0, 0.1) is 0 Å². The summed E-state index contributed by atoms with van der Waals surface area (Å²) in [5, 5.41) is 9.31. The van der Waals surface area contributed by atoms with E-state index in [0.29, 0.717) is 6.61 Å². The second-order valence-electron chi connectivity index (χ2n) is 3.53. The molecule has 1 aromatic carbocycles. The fourth-order valence-electron chi connectivity index (χ4n) is 1.73. The Morgan fingerprint density at radius 1 is 1.43 bits per heavy atom. The van der Waals surface area contributed by atoms with E-state index in [1.165, 1.54) is 5.57 Å². The molecule has 14 heavy (non-hydrogen) atoms.